The first kappa shape index (κ1) is 33.8. The zero-order valence-corrected chi connectivity index (χ0v) is 23.2. The van der Waals surface area contributed by atoms with Crippen LogP contribution in [0.15, 0.2) is 0 Å². The van der Waals surface area contributed by atoms with E-state index >= 15 is 0 Å². The van der Waals surface area contributed by atoms with E-state index in [-0.39, 0.29) is 0 Å². The fraction of sp³-hybridized carbons (Fsp3) is 0.750. The number of rotatable bonds is 10. The van der Waals surface area contributed by atoms with Crippen LogP contribution in [-0.2, 0) is 71.4 Å². The average Bonchev–Trinajstić information content (AvgIpc) is 2.84. The molecule has 2 N–H and O–H groups in total. The molecule has 2 heterocycles. The third-order valence-corrected chi connectivity index (χ3v) is 5.62. The molecule has 0 saturated carbocycles. The predicted octanol–water partition coefficient (Wildman–Crippen LogP) is -1.97. The minimum absolute atomic E-state index is 0.800. The maximum atomic E-state index is 12.0. The van der Waals surface area contributed by atoms with Crippen molar-refractivity contribution in [1.82, 2.24) is 0 Å². The standard InChI is InChI=1S/C24H34O17/c1-9(27)33-17-15(7-25)39-23(21(37-13(5)31)19(17)35-11(3)29)41-24-22(38-14(6)32)20(36-12(4)30)18(34-10(2)28)16(8-26)40-24/h15-26H,7-8H2,1-6H3/t15-,16+,17-,18+,19+,20-,21-,22+,23-,24+. The van der Waals surface area contributed by atoms with Crippen molar-refractivity contribution in [3.63, 3.8) is 0 Å². The molecule has 0 aromatic rings. The Hall–Kier alpha value is -3.38. The van der Waals surface area contributed by atoms with Crippen molar-refractivity contribution in [2.24, 2.45) is 0 Å². The van der Waals surface area contributed by atoms with Crippen LogP contribution in [0.3, 0.4) is 0 Å². The molecule has 0 radical (unpaired) electrons. The van der Waals surface area contributed by atoms with Crippen LogP contribution in [0.25, 0.3) is 0 Å². The Kier molecular flexibility index (Phi) is 12.4. The van der Waals surface area contributed by atoms with Crippen molar-refractivity contribution in [3.05, 3.63) is 0 Å². The SMILES string of the molecule is CC(=O)O[C@@H]1[C@@H](OC(C)=O)[C@@H](O[C@@H]2O[C@@H](CO)[C@H](OC(C)=O)[C@@H](OC(C)=O)[C@@H]2OC(C)=O)O[C@H](CO)[C@H]1OC(C)=O. The van der Waals surface area contributed by atoms with Crippen LogP contribution in [0.1, 0.15) is 41.5 Å². The molecule has 0 spiro atoms. The van der Waals surface area contributed by atoms with Crippen LogP contribution in [0, 0.1) is 0 Å². The second kappa shape index (κ2) is 15.0. The molecule has 2 aliphatic rings. The Labute approximate surface area is 234 Å². The van der Waals surface area contributed by atoms with Crippen LogP contribution in [0.4, 0.5) is 0 Å². The van der Waals surface area contributed by atoms with Crippen molar-refractivity contribution in [2.45, 2.75) is 103 Å². The number of carbonyl (C=O) groups is 6. The van der Waals surface area contributed by atoms with Gasteiger partial charge < -0.3 is 52.8 Å². The summed E-state index contributed by atoms with van der Waals surface area (Å²) in [7, 11) is 0. The Morgan fingerprint density at radius 1 is 0.463 bits per heavy atom. The minimum Gasteiger partial charge on any atom is -0.456 e. The smallest absolute Gasteiger partial charge is 0.303 e. The molecule has 2 fully saturated rings. The molecular formula is C24H34O17. The molecule has 0 aromatic carbocycles. The van der Waals surface area contributed by atoms with E-state index in [1.165, 1.54) is 0 Å². The van der Waals surface area contributed by atoms with Gasteiger partial charge in [0.25, 0.3) is 0 Å². The maximum Gasteiger partial charge on any atom is 0.303 e. The van der Waals surface area contributed by atoms with E-state index in [1.807, 2.05) is 0 Å². The molecule has 2 rings (SSSR count). The maximum absolute atomic E-state index is 12.0. The lowest BCUT2D eigenvalue weighted by Crippen LogP contribution is -2.66. The molecule has 0 bridgehead atoms. The normalized spacial score (nSPS) is 33.1. The van der Waals surface area contributed by atoms with E-state index in [0.717, 1.165) is 41.5 Å². The Balaban J connectivity index is 2.57. The van der Waals surface area contributed by atoms with Gasteiger partial charge in [0.1, 0.15) is 12.2 Å². The molecule has 0 amide bonds. The number of esters is 6. The first-order valence-electron chi connectivity index (χ1n) is 12.4. The summed E-state index contributed by atoms with van der Waals surface area (Å²) >= 11 is 0. The Morgan fingerprint density at radius 2 is 0.707 bits per heavy atom. The second-order valence-electron chi connectivity index (χ2n) is 9.03. The molecule has 0 unspecified atom stereocenters. The second-order valence-corrected chi connectivity index (χ2v) is 9.03. The van der Waals surface area contributed by atoms with Crippen LogP contribution in [-0.4, -0.2) is 121 Å². The summed E-state index contributed by atoms with van der Waals surface area (Å²) in [6, 6.07) is 0. The third kappa shape index (κ3) is 9.32. The lowest BCUT2D eigenvalue weighted by Gasteiger charge is -2.47. The van der Waals surface area contributed by atoms with E-state index < -0.39 is 110 Å². The monoisotopic (exact) mass is 594 g/mol. The summed E-state index contributed by atoms with van der Waals surface area (Å²) in [5, 5.41) is 19.9. The highest BCUT2D eigenvalue weighted by Gasteiger charge is 2.57. The number of aliphatic hydroxyl groups excluding tert-OH is 2. The number of ether oxygens (including phenoxy) is 9. The summed E-state index contributed by atoms with van der Waals surface area (Å²) in [5.41, 5.74) is 0. The lowest BCUT2D eigenvalue weighted by molar-refractivity contribution is -0.377. The zero-order chi connectivity index (χ0) is 31.0. The van der Waals surface area contributed by atoms with E-state index in [1.54, 1.807) is 0 Å². The fourth-order valence-corrected chi connectivity index (χ4v) is 4.36. The van der Waals surface area contributed by atoms with Crippen molar-refractivity contribution < 1.29 is 81.6 Å². The van der Waals surface area contributed by atoms with Crippen molar-refractivity contribution in [3.8, 4) is 0 Å². The van der Waals surface area contributed by atoms with Gasteiger partial charge in [0, 0.05) is 41.5 Å². The first-order chi connectivity index (χ1) is 19.2. The van der Waals surface area contributed by atoms with Crippen molar-refractivity contribution >= 4 is 35.8 Å². The number of aliphatic hydroxyl groups is 2. The average molecular weight is 595 g/mol. The van der Waals surface area contributed by atoms with Gasteiger partial charge in [0.15, 0.2) is 36.6 Å². The summed E-state index contributed by atoms with van der Waals surface area (Å²) in [5.74, 6) is -5.26. The largest absolute Gasteiger partial charge is 0.456 e. The summed E-state index contributed by atoms with van der Waals surface area (Å²) in [6.45, 7) is 4.58. The van der Waals surface area contributed by atoms with Crippen LogP contribution in [0.2, 0.25) is 0 Å². The zero-order valence-electron chi connectivity index (χ0n) is 23.2. The van der Waals surface area contributed by atoms with Gasteiger partial charge in [-0.25, -0.2) is 0 Å². The van der Waals surface area contributed by atoms with Crippen molar-refractivity contribution in [2.75, 3.05) is 13.2 Å². The minimum atomic E-state index is -1.77. The van der Waals surface area contributed by atoms with Gasteiger partial charge in [-0.3, -0.25) is 28.8 Å². The molecule has 10 atom stereocenters. The molecule has 0 aromatic heterocycles. The van der Waals surface area contributed by atoms with E-state index in [2.05, 4.69) is 0 Å². The molecular weight excluding hydrogens is 560 g/mol. The van der Waals surface area contributed by atoms with E-state index in [0.29, 0.717) is 0 Å². The molecule has 2 saturated heterocycles. The first-order valence-corrected chi connectivity index (χ1v) is 12.4. The quantitative estimate of drug-likeness (QED) is 0.206. The van der Waals surface area contributed by atoms with Gasteiger partial charge in [-0.1, -0.05) is 0 Å². The lowest BCUT2D eigenvalue weighted by atomic mass is 9.97. The summed E-state index contributed by atoms with van der Waals surface area (Å²) in [4.78, 5) is 71.5. The molecule has 41 heavy (non-hydrogen) atoms. The van der Waals surface area contributed by atoms with Crippen LogP contribution >= 0.6 is 0 Å². The Bertz CT molecular complexity index is 905. The van der Waals surface area contributed by atoms with Gasteiger partial charge in [-0.15, -0.1) is 0 Å². The topological polar surface area (TPSA) is 226 Å². The van der Waals surface area contributed by atoms with E-state index in [4.69, 9.17) is 42.6 Å². The predicted molar refractivity (Wildman–Crippen MR) is 126 cm³/mol. The summed E-state index contributed by atoms with van der Waals surface area (Å²) in [6.07, 6.45) is -15.7. The van der Waals surface area contributed by atoms with E-state index in [9.17, 15) is 39.0 Å². The van der Waals surface area contributed by atoms with Gasteiger partial charge in [0.2, 0.25) is 12.6 Å². The highest BCUT2D eigenvalue weighted by atomic mass is 16.8. The van der Waals surface area contributed by atoms with Gasteiger partial charge in [0.05, 0.1) is 13.2 Å². The fourth-order valence-electron chi connectivity index (χ4n) is 4.36. The van der Waals surface area contributed by atoms with Gasteiger partial charge in [-0.2, -0.15) is 0 Å². The van der Waals surface area contributed by atoms with Crippen molar-refractivity contribution in [1.29, 1.82) is 0 Å². The van der Waals surface area contributed by atoms with Crippen LogP contribution < -0.4 is 0 Å². The highest BCUT2D eigenvalue weighted by Crippen LogP contribution is 2.34. The molecule has 232 valence electrons. The molecule has 17 nitrogen and oxygen atoms in total. The molecule has 2 aliphatic heterocycles. The van der Waals surface area contributed by atoms with Crippen LogP contribution in [0.5, 0.6) is 0 Å². The number of hydrogen-bond donors (Lipinski definition) is 2. The molecule has 17 heteroatoms. The Morgan fingerprint density at radius 3 is 0.951 bits per heavy atom. The third-order valence-electron chi connectivity index (χ3n) is 5.62. The number of hydrogen-bond acceptors (Lipinski definition) is 17. The highest BCUT2D eigenvalue weighted by molar-refractivity contribution is 5.69. The summed E-state index contributed by atoms with van der Waals surface area (Å²) < 4.78 is 48.8. The number of carbonyl (C=O) groups excluding carboxylic acids is 6. The van der Waals surface area contributed by atoms with Gasteiger partial charge in [-0.05, 0) is 0 Å². The molecule has 0 aliphatic carbocycles. The van der Waals surface area contributed by atoms with Gasteiger partial charge >= 0.3 is 35.8 Å².